The Hall–Kier alpha value is -4.26. The standard InChI is InChI=1S/C36H49N7O5S/c1-34(2,3)28-15-14-27-31(40-28)43-22-24(20-36(43,7)8)12-13-25(39-29-10-9-11-30(41-29)49(46,47)42-32(27)44)19-26-18-23(16-17-37-26)21-38-33(45)48-35(4,5)6/h9-11,14-18,24-25H,12-13,19-22H2,1-8H3,(H,38,45)(H,39,41)(H,42,44)/t24-,25?/m0/s1. The normalized spacial score (nSPS) is 20.6. The molecule has 0 aromatic carbocycles. The summed E-state index contributed by atoms with van der Waals surface area (Å²) in [5.41, 5.74) is 1.51. The van der Waals surface area contributed by atoms with Gasteiger partial charge in [-0.2, -0.15) is 8.42 Å². The molecule has 264 valence electrons. The Morgan fingerprint density at radius 3 is 2.53 bits per heavy atom. The predicted octanol–water partition coefficient (Wildman–Crippen LogP) is 5.73. The molecule has 1 fully saturated rings. The molecule has 4 bridgehead atoms. The number of nitrogens with one attached hydrogen (secondary N) is 3. The van der Waals surface area contributed by atoms with Gasteiger partial charge in [0.05, 0.1) is 5.56 Å². The zero-order chi connectivity index (χ0) is 35.8. The van der Waals surface area contributed by atoms with Gasteiger partial charge in [-0.3, -0.25) is 9.78 Å². The third-order valence-corrected chi connectivity index (χ3v) is 10.0. The maximum atomic E-state index is 13.7. The number of alkyl carbamates (subject to hydrolysis) is 1. The molecule has 1 saturated heterocycles. The van der Waals surface area contributed by atoms with E-state index in [1.165, 1.54) is 6.07 Å². The van der Waals surface area contributed by atoms with E-state index in [1.54, 1.807) is 30.5 Å². The Labute approximate surface area is 289 Å². The maximum Gasteiger partial charge on any atom is 0.407 e. The van der Waals surface area contributed by atoms with Gasteiger partial charge >= 0.3 is 6.09 Å². The first-order valence-corrected chi connectivity index (χ1v) is 18.3. The van der Waals surface area contributed by atoms with Crippen LogP contribution in [0, 0.1) is 5.92 Å². The van der Waals surface area contributed by atoms with Crippen LogP contribution in [0.2, 0.25) is 0 Å². The zero-order valence-electron chi connectivity index (χ0n) is 29.8. The number of nitrogens with zero attached hydrogens (tertiary/aromatic N) is 4. The molecule has 2 atom stereocenters. The van der Waals surface area contributed by atoms with E-state index in [4.69, 9.17) is 9.72 Å². The summed E-state index contributed by atoms with van der Waals surface area (Å²) in [6.45, 7) is 16.9. The number of hydrogen-bond acceptors (Lipinski definition) is 10. The van der Waals surface area contributed by atoms with E-state index >= 15 is 0 Å². The van der Waals surface area contributed by atoms with Gasteiger partial charge in [-0.25, -0.2) is 19.5 Å². The average molecular weight is 692 g/mol. The minimum absolute atomic E-state index is 0.137. The van der Waals surface area contributed by atoms with Crippen LogP contribution >= 0.6 is 0 Å². The number of anilines is 2. The number of fused-ring (bicyclic) bond motifs is 6. The lowest BCUT2D eigenvalue weighted by Gasteiger charge is -2.34. The van der Waals surface area contributed by atoms with Crippen LogP contribution in [0.1, 0.15) is 102 Å². The Morgan fingerprint density at radius 1 is 1.06 bits per heavy atom. The number of carbonyl (C=O) groups excluding carboxylic acids is 2. The minimum Gasteiger partial charge on any atom is -0.444 e. The summed E-state index contributed by atoms with van der Waals surface area (Å²) in [5, 5.41) is 5.99. The average Bonchev–Trinajstić information content (AvgIpc) is 3.30. The van der Waals surface area contributed by atoms with Gasteiger partial charge in [0.1, 0.15) is 17.2 Å². The zero-order valence-corrected chi connectivity index (χ0v) is 30.6. The van der Waals surface area contributed by atoms with Gasteiger partial charge in [-0.05, 0) is 102 Å². The quantitative estimate of drug-likeness (QED) is 0.309. The third-order valence-electron chi connectivity index (χ3n) is 8.78. The maximum absolute atomic E-state index is 13.7. The van der Waals surface area contributed by atoms with Crippen molar-refractivity contribution in [3.63, 3.8) is 0 Å². The fourth-order valence-corrected chi connectivity index (χ4v) is 7.37. The van der Waals surface area contributed by atoms with Crippen molar-refractivity contribution in [3.8, 4) is 0 Å². The highest BCUT2D eigenvalue weighted by atomic mass is 32.2. The SMILES string of the molecule is CC(C)(C)OC(=O)NCc1ccnc(CC2CC[C@@H]3CN(c4nc(C(C)(C)C)ccc4C(=O)NS(=O)(=O)c4cccc(n4)N2)C(C)(C)C3)c1. The molecule has 0 aliphatic carbocycles. The van der Waals surface area contributed by atoms with E-state index in [0.717, 1.165) is 36.2 Å². The summed E-state index contributed by atoms with van der Waals surface area (Å²) in [6, 6.07) is 11.8. The Balaban J connectivity index is 1.46. The number of sulfonamides is 1. The van der Waals surface area contributed by atoms with Gasteiger partial charge in [-0.1, -0.05) is 26.8 Å². The molecule has 49 heavy (non-hydrogen) atoms. The minimum atomic E-state index is -4.31. The Bertz CT molecular complexity index is 1810. The summed E-state index contributed by atoms with van der Waals surface area (Å²) in [4.78, 5) is 42.1. The first-order chi connectivity index (χ1) is 22.8. The van der Waals surface area contributed by atoms with E-state index < -0.39 is 27.6 Å². The van der Waals surface area contributed by atoms with Gasteiger partial charge in [0.25, 0.3) is 15.9 Å². The molecule has 5 rings (SSSR count). The first kappa shape index (κ1) is 36.0. The van der Waals surface area contributed by atoms with Crippen molar-refractivity contribution in [2.75, 3.05) is 16.8 Å². The van der Waals surface area contributed by atoms with Gasteiger partial charge in [-0.15, -0.1) is 0 Å². The second kappa shape index (κ2) is 13.6. The second-order valence-corrected chi connectivity index (χ2v) is 17.4. The Morgan fingerprint density at radius 2 is 1.82 bits per heavy atom. The lowest BCUT2D eigenvalue weighted by atomic mass is 9.90. The van der Waals surface area contributed by atoms with Crippen molar-refractivity contribution < 1.29 is 22.7 Å². The van der Waals surface area contributed by atoms with Crippen molar-refractivity contribution in [3.05, 3.63) is 71.2 Å². The van der Waals surface area contributed by atoms with Crippen molar-refractivity contribution in [1.29, 1.82) is 0 Å². The van der Waals surface area contributed by atoms with Gasteiger partial charge in [0.15, 0.2) is 5.03 Å². The number of rotatable bonds is 4. The molecule has 2 amide bonds. The van der Waals surface area contributed by atoms with Crippen LogP contribution in [0.5, 0.6) is 0 Å². The third kappa shape index (κ3) is 9.05. The van der Waals surface area contributed by atoms with Gasteiger partial charge < -0.3 is 20.3 Å². The molecular formula is C36H49N7O5S. The topological polar surface area (TPSA) is 156 Å². The van der Waals surface area contributed by atoms with Crippen LogP contribution in [0.4, 0.5) is 16.4 Å². The smallest absolute Gasteiger partial charge is 0.407 e. The molecular weight excluding hydrogens is 643 g/mol. The van der Waals surface area contributed by atoms with E-state index in [9.17, 15) is 18.0 Å². The molecule has 3 aromatic heterocycles. The van der Waals surface area contributed by atoms with Crippen molar-refractivity contribution >= 4 is 33.7 Å². The van der Waals surface area contributed by atoms with E-state index in [-0.39, 0.29) is 34.1 Å². The largest absolute Gasteiger partial charge is 0.444 e. The van der Waals surface area contributed by atoms with E-state index in [0.29, 0.717) is 30.5 Å². The molecule has 5 heterocycles. The molecule has 3 N–H and O–H groups in total. The first-order valence-electron chi connectivity index (χ1n) is 16.8. The molecule has 2 aliphatic heterocycles. The molecule has 3 aromatic rings. The van der Waals surface area contributed by atoms with Crippen LogP contribution in [-0.2, 0) is 33.1 Å². The van der Waals surface area contributed by atoms with Crippen LogP contribution in [0.15, 0.2) is 53.7 Å². The summed E-state index contributed by atoms with van der Waals surface area (Å²) in [7, 11) is -4.31. The molecule has 0 saturated carbocycles. The van der Waals surface area contributed by atoms with E-state index in [1.807, 2.05) is 32.9 Å². The lowest BCUT2D eigenvalue weighted by Crippen LogP contribution is -2.41. The van der Waals surface area contributed by atoms with Crippen LogP contribution in [0.3, 0.4) is 0 Å². The highest BCUT2D eigenvalue weighted by Crippen LogP contribution is 2.40. The van der Waals surface area contributed by atoms with Crippen LogP contribution in [0.25, 0.3) is 0 Å². The molecule has 1 unspecified atom stereocenters. The van der Waals surface area contributed by atoms with Crippen LogP contribution in [-0.4, -0.2) is 59.1 Å². The highest BCUT2D eigenvalue weighted by Gasteiger charge is 2.41. The number of carbonyl (C=O) groups is 2. The Kier molecular flexibility index (Phi) is 9.98. The number of amides is 2. The lowest BCUT2D eigenvalue weighted by molar-refractivity contribution is 0.0523. The van der Waals surface area contributed by atoms with E-state index in [2.05, 4.69) is 64.8 Å². The number of ether oxygens (including phenoxy) is 1. The number of aromatic nitrogens is 3. The van der Waals surface area contributed by atoms with Crippen molar-refractivity contribution in [1.82, 2.24) is 25.0 Å². The number of hydrogen-bond donors (Lipinski definition) is 3. The fourth-order valence-electron chi connectivity index (χ4n) is 6.44. The molecule has 13 heteroatoms. The summed E-state index contributed by atoms with van der Waals surface area (Å²) >= 11 is 0. The number of pyridine rings is 3. The van der Waals surface area contributed by atoms with Gasteiger partial charge in [0.2, 0.25) is 0 Å². The van der Waals surface area contributed by atoms with Gasteiger partial charge in [0, 0.05) is 54.1 Å². The fraction of sp³-hybridized carbons (Fsp3) is 0.528. The molecule has 2 aliphatic rings. The molecule has 0 radical (unpaired) electrons. The summed E-state index contributed by atoms with van der Waals surface area (Å²) in [6.07, 6.45) is 4.26. The molecule has 0 spiro atoms. The molecule has 12 nitrogen and oxygen atoms in total. The predicted molar refractivity (Wildman–Crippen MR) is 189 cm³/mol. The van der Waals surface area contributed by atoms with Crippen LogP contribution < -0.4 is 20.3 Å². The summed E-state index contributed by atoms with van der Waals surface area (Å²) in [5.74, 6) is 0.408. The second-order valence-electron chi connectivity index (χ2n) is 15.7. The summed E-state index contributed by atoms with van der Waals surface area (Å²) < 4.78 is 34.7. The van der Waals surface area contributed by atoms with Crippen molar-refractivity contribution in [2.45, 2.75) is 115 Å². The monoisotopic (exact) mass is 691 g/mol. The highest BCUT2D eigenvalue weighted by molar-refractivity contribution is 7.90. The van der Waals surface area contributed by atoms with Crippen molar-refractivity contribution in [2.24, 2.45) is 5.92 Å².